The van der Waals surface area contributed by atoms with E-state index < -0.39 is 6.29 Å². The summed E-state index contributed by atoms with van der Waals surface area (Å²) >= 11 is 1.54. The van der Waals surface area contributed by atoms with E-state index in [1.165, 1.54) is 0 Å². The predicted molar refractivity (Wildman–Crippen MR) is 186 cm³/mol. The minimum Gasteiger partial charge on any atom is -0.392 e. The van der Waals surface area contributed by atoms with Crippen LogP contribution >= 0.6 is 11.8 Å². The van der Waals surface area contributed by atoms with Crippen LogP contribution in [-0.4, -0.2) is 48.1 Å². The van der Waals surface area contributed by atoms with E-state index in [1.54, 1.807) is 41.0 Å². The molecule has 0 saturated carbocycles. The number of nitrogens with zero attached hydrogens (tertiary/aromatic N) is 5. The molecule has 6 aromatic rings. The molecule has 0 bridgehead atoms. The Morgan fingerprint density at radius 3 is 2.45 bits per heavy atom. The Morgan fingerprint density at radius 1 is 0.857 bits per heavy atom. The lowest BCUT2D eigenvalue weighted by Gasteiger charge is -2.36. The normalized spacial score (nSPS) is 17.4. The summed E-state index contributed by atoms with van der Waals surface area (Å²) in [6.07, 6.45) is 2.91. The van der Waals surface area contributed by atoms with Gasteiger partial charge in [0.1, 0.15) is 0 Å². The Morgan fingerprint density at radius 2 is 1.67 bits per heavy atom. The number of pyridine rings is 1. The van der Waals surface area contributed by atoms with Gasteiger partial charge in [0.05, 0.1) is 30.1 Å². The summed E-state index contributed by atoms with van der Waals surface area (Å²) in [6.45, 7) is 0.392. The van der Waals surface area contributed by atoms with Crippen LogP contribution in [0.4, 0.5) is 0 Å². The number of aliphatic hydroxyl groups is 1. The van der Waals surface area contributed by atoms with Crippen molar-refractivity contribution >= 4 is 17.7 Å². The Balaban J connectivity index is 1.06. The van der Waals surface area contributed by atoms with Crippen molar-refractivity contribution in [3.63, 3.8) is 0 Å². The van der Waals surface area contributed by atoms with Gasteiger partial charge in [-0.05, 0) is 68.6 Å². The van der Waals surface area contributed by atoms with E-state index in [0.29, 0.717) is 29.4 Å². The molecule has 1 aliphatic heterocycles. The maximum atomic E-state index is 12.5. The third-order valence-electron chi connectivity index (χ3n) is 8.27. The molecule has 1 fully saturated rings. The first-order chi connectivity index (χ1) is 24.1. The lowest BCUT2D eigenvalue weighted by molar-refractivity contribution is -0.245. The van der Waals surface area contributed by atoms with E-state index in [2.05, 4.69) is 50.1 Å². The standard InChI is InChI=1S/C38H34N6O4S/c45-24-26-11-13-29(14-12-26)35-21-34(25-49-38-41-42-43-44(38)33-9-2-1-3-10-33)47-37(48-35)30-17-15-28(16-18-30)31-7-4-6-27(20-31)22-40-36(46)32-8-5-19-39-23-32/h1-20,23,34-35,37,45H,21-22,24-25H2,(H,40,46)/t34-,35+,37+/m0/s1. The molecule has 7 rings (SSSR count). The maximum Gasteiger partial charge on any atom is 0.253 e. The molecule has 2 aromatic heterocycles. The highest BCUT2D eigenvalue weighted by atomic mass is 32.2. The molecule has 10 nitrogen and oxygen atoms in total. The number of para-hydroxylation sites is 1. The van der Waals surface area contributed by atoms with Crippen molar-refractivity contribution in [3.8, 4) is 16.8 Å². The summed E-state index contributed by atoms with van der Waals surface area (Å²) in [5.41, 5.74) is 7.27. The molecule has 3 heterocycles. The quantitative estimate of drug-likeness (QED) is 0.149. The number of aromatic nitrogens is 5. The van der Waals surface area contributed by atoms with Crippen LogP contribution in [0, 0.1) is 0 Å². The largest absolute Gasteiger partial charge is 0.392 e. The molecule has 1 amide bonds. The van der Waals surface area contributed by atoms with Crippen molar-refractivity contribution in [3.05, 3.63) is 155 Å². The first-order valence-electron chi connectivity index (χ1n) is 16.0. The SMILES string of the molecule is O=C(NCc1cccc(-c2ccc([C@@H]3O[C@H](CSc4nnnn4-c4ccccc4)C[C@H](c4ccc(CO)cc4)O3)cc2)c1)c1cccnc1. The van der Waals surface area contributed by atoms with Crippen molar-refractivity contribution in [2.75, 3.05) is 5.75 Å². The Hall–Kier alpha value is -5.20. The molecule has 0 radical (unpaired) electrons. The number of thioether (sulfide) groups is 1. The Bertz CT molecular complexity index is 1970. The molecule has 2 N–H and O–H groups in total. The summed E-state index contributed by atoms with van der Waals surface area (Å²) in [6, 6.07) is 37.5. The zero-order valence-corrected chi connectivity index (χ0v) is 27.3. The molecule has 4 aromatic carbocycles. The fourth-order valence-electron chi connectivity index (χ4n) is 5.67. The Labute approximate surface area is 288 Å². The highest BCUT2D eigenvalue weighted by Crippen LogP contribution is 2.40. The van der Waals surface area contributed by atoms with E-state index in [0.717, 1.165) is 39.1 Å². The van der Waals surface area contributed by atoms with Crippen LogP contribution in [0.15, 0.2) is 133 Å². The second-order valence-electron chi connectivity index (χ2n) is 11.6. The van der Waals surface area contributed by atoms with Crippen LogP contribution < -0.4 is 5.32 Å². The van der Waals surface area contributed by atoms with Crippen LogP contribution in [0.2, 0.25) is 0 Å². The molecule has 246 valence electrons. The van der Waals surface area contributed by atoms with E-state index in [4.69, 9.17) is 9.47 Å². The first kappa shape index (κ1) is 32.4. The van der Waals surface area contributed by atoms with Gasteiger partial charge in [0, 0.05) is 36.7 Å². The van der Waals surface area contributed by atoms with Crippen LogP contribution in [0.3, 0.4) is 0 Å². The molecule has 11 heteroatoms. The number of carbonyl (C=O) groups is 1. The summed E-state index contributed by atoms with van der Waals surface area (Å²) in [5.74, 6) is 0.463. The van der Waals surface area contributed by atoms with Crippen molar-refractivity contribution in [2.45, 2.75) is 43.2 Å². The number of ether oxygens (including phenoxy) is 2. The van der Waals surface area contributed by atoms with Crippen molar-refractivity contribution < 1.29 is 19.4 Å². The fraction of sp³-hybridized carbons (Fsp3) is 0.184. The van der Waals surface area contributed by atoms with Crippen LogP contribution in [0.1, 0.15) is 51.4 Å². The van der Waals surface area contributed by atoms with Gasteiger partial charge in [0.15, 0.2) is 6.29 Å². The van der Waals surface area contributed by atoms with Crippen molar-refractivity contribution in [1.29, 1.82) is 0 Å². The minimum absolute atomic E-state index is 0.0117. The van der Waals surface area contributed by atoms with Gasteiger partial charge in [0.2, 0.25) is 5.16 Å². The number of amides is 1. The number of rotatable bonds is 11. The molecule has 3 atom stereocenters. The minimum atomic E-state index is -0.588. The van der Waals surface area contributed by atoms with Gasteiger partial charge >= 0.3 is 0 Å². The van der Waals surface area contributed by atoms with Gasteiger partial charge in [-0.2, -0.15) is 4.68 Å². The average Bonchev–Trinajstić information content (AvgIpc) is 3.66. The zero-order valence-electron chi connectivity index (χ0n) is 26.5. The molecule has 49 heavy (non-hydrogen) atoms. The molecule has 1 aliphatic rings. The van der Waals surface area contributed by atoms with E-state index in [9.17, 15) is 9.90 Å². The van der Waals surface area contributed by atoms with E-state index >= 15 is 0 Å². The summed E-state index contributed by atoms with van der Waals surface area (Å²) in [7, 11) is 0. The second-order valence-corrected chi connectivity index (χ2v) is 12.6. The van der Waals surface area contributed by atoms with E-state index in [-0.39, 0.29) is 24.7 Å². The number of tetrazole rings is 1. The molecular formula is C38H34N6O4S. The molecule has 1 saturated heterocycles. The fourth-order valence-corrected chi connectivity index (χ4v) is 6.57. The van der Waals surface area contributed by atoms with E-state index in [1.807, 2.05) is 78.9 Å². The van der Waals surface area contributed by atoms with Crippen LogP contribution in [0.25, 0.3) is 16.8 Å². The van der Waals surface area contributed by atoms with Crippen molar-refractivity contribution in [1.82, 2.24) is 30.5 Å². The smallest absolute Gasteiger partial charge is 0.253 e. The van der Waals surface area contributed by atoms with Gasteiger partial charge < -0.3 is 19.9 Å². The monoisotopic (exact) mass is 670 g/mol. The predicted octanol–water partition coefficient (Wildman–Crippen LogP) is 6.48. The van der Waals surface area contributed by atoms with Crippen LogP contribution in [0.5, 0.6) is 0 Å². The highest BCUT2D eigenvalue weighted by Gasteiger charge is 2.32. The number of benzene rings is 4. The summed E-state index contributed by atoms with van der Waals surface area (Å²) < 4.78 is 14.9. The average molecular weight is 671 g/mol. The first-order valence-corrected chi connectivity index (χ1v) is 17.0. The number of carbonyl (C=O) groups excluding carboxylic acids is 1. The molecule has 0 aliphatic carbocycles. The molecule has 0 spiro atoms. The lowest BCUT2D eigenvalue weighted by atomic mass is 9.99. The number of hydrogen-bond donors (Lipinski definition) is 2. The van der Waals surface area contributed by atoms with Gasteiger partial charge in [-0.1, -0.05) is 96.7 Å². The maximum absolute atomic E-state index is 12.5. The highest BCUT2D eigenvalue weighted by molar-refractivity contribution is 7.99. The topological polar surface area (TPSA) is 124 Å². The van der Waals surface area contributed by atoms with Crippen LogP contribution in [-0.2, 0) is 22.6 Å². The number of hydrogen-bond acceptors (Lipinski definition) is 9. The Kier molecular flexibility index (Phi) is 10.1. The second kappa shape index (κ2) is 15.3. The lowest BCUT2D eigenvalue weighted by Crippen LogP contribution is -2.31. The molecular weight excluding hydrogens is 637 g/mol. The van der Waals surface area contributed by atoms with Gasteiger partial charge in [0.25, 0.3) is 5.91 Å². The van der Waals surface area contributed by atoms with Gasteiger partial charge in [-0.3, -0.25) is 9.78 Å². The summed E-state index contributed by atoms with van der Waals surface area (Å²) in [4.78, 5) is 16.5. The third kappa shape index (κ3) is 7.93. The number of nitrogens with one attached hydrogen (secondary N) is 1. The third-order valence-corrected chi connectivity index (χ3v) is 9.33. The van der Waals surface area contributed by atoms with Gasteiger partial charge in [-0.25, -0.2) is 0 Å². The van der Waals surface area contributed by atoms with Crippen molar-refractivity contribution in [2.24, 2.45) is 0 Å². The van der Waals surface area contributed by atoms with Gasteiger partial charge in [-0.15, -0.1) is 5.10 Å². The number of aliphatic hydroxyl groups excluding tert-OH is 1. The molecule has 0 unspecified atom stereocenters. The summed E-state index contributed by atoms with van der Waals surface area (Å²) in [5, 5.41) is 25.6. The zero-order chi connectivity index (χ0) is 33.4.